The summed E-state index contributed by atoms with van der Waals surface area (Å²) in [6, 6.07) is 10.5. The molecule has 0 saturated carbocycles. The molecule has 5 nitrogen and oxygen atoms in total. The third kappa shape index (κ3) is 10.9. The van der Waals surface area contributed by atoms with Gasteiger partial charge in [-0.05, 0) is 65.2 Å². The fourth-order valence-electron chi connectivity index (χ4n) is 5.06. The van der Waals surface area contributed by atoms with Crippen LogP contribution < -0.4 is 11.5 Å². The van der Waals surface area contributed by atoms with Crippen molar-refractivity contribution in [2.45, 2.75) is 54.8 Å². The molecule has 0 fully saturated rings. The lowest BCUT2D eigenvalue weighted by Crippen LogP contribution is -2.56. The third-order valence-electron chi connectivity index (χ3n) is 8.24. The van der Waals surface area contributed by atoms with Crippen LogP contribution in [0.15, 0.2) is 65.7 Å². The van der Waals surface area contributed by atoms with Crippen molar-refractivity contribution in [2.24, 2.45) is 4.99 Å². The summed E-state index contributed by atoms with van der Waals surface area (Å²) >= 11 is 23.1. The van der Waals surface area contributed by atoms with Crippen LogP contribution in [0, 0.1) is 0 Å². The number of hydrogen-bond acceptors (Lipinski definition) is 4. The molecule has 1 heterocycles. The van der Waals surface area contributed by atoms with Crippen LogP contribution in [0.3, 0.4) is 0 Å². The molecule has 4 aromatic rings. The maximum absolute atomic E-state index is 14.0. The number of nitrogens with two attached hydrogens (primary N) is 2. The van der Waals surface area contributed by atoms with Gasteiger partial charge in [0, 0.05) is 27.6 Å². The number of fused-ring (bicyclic) bond motifs is 1. The molecule has 0 spiro atoms. The van der Waals surface area contributed by atoms with Crippen LogP contribution in [0.2, 0.25) is 20.1 Å². The van der Waals surface area contributed by atoms with Gasteiger partial charge in [0.15, 0.2) is 0 Å². The molecule has 5 rings (SSSR count). The molecule has 29 heteroatoms. The Morgan fingerprint density at radius 3 is 1.30 bits per heavy atom. The van der Waals surface area contributed by atoms with Gasteiger partial charge in [0.05, 0.1) is 43.9 Å². The van der Waals surface area contributed by atoms with E-state index in [-0.39, 0.29) is 48.7 Å². The Labute approximate surface area is 363 Å². The van der Waals surface area contributed by atoms with Crippen molar-refractivity contribution in [3.8, 4) is 22.3 Å². The second-order valence-corrected chi connectivity index (χ2v) is 14.3. The number of carboxylic acids is 1. The van der Waals surface area contributed by atoms with Gasteiger partial charge < -0.3 is 16.6 Å². The molecule has 1 aliphatic rings. The van der Waals surface area contributed by atoms with Crippen LogP contribution >= 0.6 is 46.4 Å². The summed E-state index contributed by atoms with van der Waals surface area (Å²) in [6.45, 7) is 0. The van der Waals surface area contributed by atoms with E-state index < -0.39 is 93.9 Å². The lowest BCUT2D eigenvalue weighted by Gasteiger charge is -2.28. The standard InChI is InChI=1S/C18H7Cl2F10N.C13H9Cl2F3N2.C4HF7O2/c19-8-1-2-9(11(5-8)16(23,24)25)10-3-7-4-14(31-13(7)6-12(10)20)15(21,22)17(26,27)18(28,29)30;14-6-1-2-7(9(3-6)13(16,17)18)8-4-11(19)12(20)5-10(8)15;5-2(6,1(12)13)3(7,8)4(9,10)11/h1-3,5-6H,4H2;1-5H,19-20H2;(H,12,13). The maximum atomic E-state index is 14.0. The number of hydrogen-bond donors (Lipinski definition) is 3. The topological polar surface area (TPSA) is 102 Å². The largest absolute Gasteiger partial charge is 0.477 e. The van der Waals surface area contributed by atoms with Crippen LogP contribution in [0.5, 0.6) is 0 Å². The number of alkyl halides is 20. The van der Waals surface area contributed by atoms with Gasteiger partial charge in [0.2, 0.25) is 0 Å². The Kier molecular flexibility index (Phi) is 15.1. The molecule has 4 aromatic carbocycles. The van der Waals surface area contributed by atoms with Crippen molar-refractivity contribution in [1.82, 2.24) is 0 Å². The Bertz CT molecular complexity index is 2450. The van der Waals surface area contributed by atoms with E-state index in [0.717, 1.165) is 30.3 Å². The summed E-state index contributed by atoms with van der Waals surface area (Å²) in [5, 5.41) is 6.81. The predicted octanol–water partition coefficient (Wildman–Crippen LogP) is 14.9. The first-order valence-electron chi connectivity index (χ1n) is 16.0. The molecule has 64 heavy (non-hydrogen) atoms. The Morgan fingerprint density at radius 1 is 0.531 bits per heavy atom. The van der Waals surface area contributed by atoms with E-state index in [2.05, 4.69) is 4.99 Å². The minimum absolute atomic E-state index is 0.0133. The lowest BCUT2D eigenvalue weighted by molar-refractivity contribution is -0.347. The molecule has 0 aromatic heterocycles. The van der Waals surface area contributed by atoms with Crippen molar-refractivity contribution in [3.63, 3.8) is 0 Å². The predicted molar refractivity (Wildman–Crippen MR) is 193 cm³/mol. The second-order valence-electron chi connectivity index (χ2n) is 12.6. The zero-order valence-corrected chi connectivity index (χ0v) is 33.0. The highest BCUT2D eigenvalue weighted by atomic mass is 35.5. The molecule has 0 atom stereocenters. The summed E-state index contributed by atoms with van der Waals surface area (Å²) < 4.78 is 252. The average molecular weight is 1030 g/mol. The molecule has 0 radical (unpaired) electrons. The molecule has 1 aliphatic heterocycles. The van der Waals surface area contributed by atoms with Gasteiger partial charge in [-0.2, -0.15) is 87.8 Å². The number of anilines is 2. The number of rotatable bonds is 6. The Balaban J connectivity index is 0.000000283. The summed E-state index contributed by atoms with van der Waals surface area (Å²) in [5.41, 5.74) is 6.18. The number of carbonyl (C=O) groups is 1. The van der Waals surface area contributed by atoms with Crippen LogP contribution in [-0.4, -0.2) is 52.8 Å². The zero-order valence-electron chi connectivity index (χ0n) is 30.0. The second kappa shape index (κ2) is 18.0. The number of aliphatic carboxylic acids is 1. The molecule has 352 valence electrons. The van der Waals surface area contributed by atoms with Crippen LogP contribution in [-0.2, 0) is 23.6 Å². The minimum atomic E-state index is -6.60. The smallest absolute Gasteiger partial charge is 0.460 e. The zero-order chi connectivity index (χ0) is 49.7. The maximum Gasteiger partial charge on any atom is 0.460 e. The highest BCUT2D eigenvalue weighted by Crippen LogP contribution is 2.51. The van der Waals surface area contributed by atoms with Gasteiger partial charge in [-0.1, -0.05) is 58.5 Å². The molecule has 5 N–H and O–H groups in total. The quantitative estimate of drug-likeness (QED) is 0.132. The third-order valence-corrected chi connectivity index (χ3v) is 9.34. The number of aliphatic imine (C=N–C) groups is 1. The van der Waals surface area contributed by atoms with Gasteiger partial charge in [-0.25, -0.2) is 4.79 Å². The molecule has 0 saturated heterocycles. The van der Waals surface area contributed by atoms with Crippen molar-refractivity contribution in [3.05, 3.63) is 97.4 Å². The van der Waals surface area contributed by atoms with Gasteiger partial charge >= 0.3 is 54.4 Å². The van der Waals surface area contributed by atoms with E-state index in [1.165, 1.54) is 24.3 Å². The molecule has 0 aliphatic carbocycles. The van der Waals surface area contributed by atoms with E-state index >= 15 is 0 Å². The first-order chi connectivity index (χ1) is 28.6. The fraction of sp³-hybridized carbons (Fsp3) is 0.257. The van der Waals surface area contributed by atoms with Gasteiger partial charge in [0.25, 0.3) is 0 Å². The number of nitrogens with zero attached hydrogens (tertiary/aromatic N) is 1. The first kappa shape index (κ1) is 53.7. The first-order valence-corrected chi connectivity index (χ1v) is 17.5. The van der Waals surface area contributed by atoms with Gasteiger partial charge in [-0.15, -0.1) is 0 Å². The SMILES string of the molecule is FC(F)(F)c1cc(Cl)ccc1-c1cc2c(cc1Cl)N=C(C(F)(F)C(F)(F)C(F)(F)F)C2.Nc1cc(Cl)c(-c2ccc(Cl)cc2C(F)(F)F)cc1N.O=C(O)C(F)(F)C(F)(F)C(F)(F)F. The van der Waals surface area contributed by atoms with Crippen molar-refractivity contribution < 1.29 is 97.7 Å². The van der Waals surface area contributed by atoms with E-state index in [0.29, 0.717) is 6.07 Å². The van der Waals surface area contributed by atoms with E-state index in [1.54, 1.807) is 0 Å². The lowest BCUT2D eigenvalue weighted by atomic mass is 9.95. The monoisotopic (exact) mass is 1030 g/mol. The minimum Gasteiger partial charge on any atom is -0.477 e. The highest BCUT2D eigenvalue weighted by molar-refractivity contribution is 6.34. The van der Waals surface area contributed by atoms with Crippen LogP contribution in [0.4, 0.5) is 105 Å². The van der Waals surface area contributed by atoms with Crippen LogP contribution in [0.1, 0.15) is 16.7 Å². The number of halogens is 24. The molecular formula is C35H17Cl4F20N3O2. The normalized spacial score (nSPS) is 13.9. The highest BCUT2D eigenvalue weighted by Gasteiger charge is 2.77. The Hall–Kier alpha value is -4.62. The summed E-state index contributed by atoms with van der Waals surface area (Å²) in [4.78, 5) is 12.5. The fourth-order valence-corrected chi connectivity index (χ4v) is 5.94. The summed E-state index contributed by atoms with van der Waals surface area (Å²) in [6.07, 6.45) is -23.7. The van der Waals surface area contributed by atoms with Crippen molar-refractivity contribution >= 4 is 75.1 Å². The van der Waals surface area contributed by atoms with E-state index in [9.17, 15) is 92.6 Å². The molecular weight excluding hydrogens is 1020 g/mol. The Morgan fingerprint density at radius 2 is 0.922 bits per heavy atom. The summed E-state index contributed by atoms with van der Waals surface area (Å²) in [7, 11) is 0. The van der Waals surface area contributed by atoms with Crippen LogP contribution in [0.25, 0.3) is 22.3 Å². The van der Waals surface area contributed by atoms with Gasteiger partial charge in [0.1, 0.15) is 0 Å². The number of nitrogen functional groups attached to an aromatic ring is 2. The number of carboxylic acid groups (broad SMARTS) is 1. The molecule has 0 bridgehead atoms. The van der Waals surface area contributed by atoms with Crippen molar-refractivity contribution in [1.29, 1.82) is 0 Å². The van der Waals surface area contributed by atoms with Gasteiger partial charge in [-0.3, -0.25) is 4.99 Å². The summed E-state index contributed by atoms with van der Waals surface area (Å²) in [5.74, 6) is -28.4. The van der Waals surface area contributed by atoms with E-state index in [4.69, 9.17) is 63.0 Å². The molecule has 0 unspecified atom stereocenters. The van der Waals surface area contributed by atoms with E-state index in [1.807, 2.05) is 0 Å². The van der Waals surface area contributed by atoms with Crippen molar-refractivity contribution in [2.75, 3.05) is 11.5 Å². The average Bonchev–Trinajstić information content (AvgIpc) is 3.55. The number of benzene rings is 4. The molecule has 0 amide bonds.